The van der Waals surface area contributed by atoms with E-state index < -0.39 is 0 Å². The smallest absolute Gasteiger partial charge is 0.225 e. The normalized spacial score (nSPS) is 19.6. The molecule has 1 aliphatic rings. The molecule has 6 nitrogen and oxygen atoms in total. The first-order valence-corrected chi connectivity index (χ1v) is 5.48. The van der Waals surface area contributed by atoms with Gasteiger partial charge in [0, 0.05) is 39.7 Å². The Kier molecular flexibility index (Phi) is 5.81. The first-order valence-electron chi connectivity index (χ1n) is 5.48. The van der Waals surface area contributed by atoms with E-state index >= 15 is 0 Å². The van der Waals surface area contributed by atoms with E-state index in [0.717, 1.165) is 6.54 Å². The van der Waals surface area contributed by atoms with E-state index in [0.29, 0.717) is 32.7 Å². The third kappa shape index (κ3) is 4.59. The second-order valence-corrected chi connectivity index (χ2v) is 3.74. The van der Waals surface area contributed by atoms with Gasteiger partial charge in [0.25, 0.3) is 0 Å². The molecule has 0 aromatic heterocycles. The SMILES string of the molecule is COCCNCCNC(=O)C1CNC(=O)C1. The molecule has 1 aliphatic heterocycles. The van der Waals surface area contributed by atoms with Crippen LogP contribution < -0.4 is 16.0 Å². The van der Waals surface area contributed by atoms with Gasteiger partial charge in [0.1, 0.15) is 0 Å². The standard InChI is InChI=1S/C10H19N3O3/c1-16-5-4-11-2-3-12-10(15)8-6-9(14)13-7-8/h8,11H,2-7H2,1H3,(H,12,15)(H,13,14). The van der Waals surface area contributed by atoms with Gasteiger partial charge in [-0.2, -0.15) is 0 Å². The van der Waals surface area contributed by atoms with Gasteiger partial charge in [-0.25, -0.2) is 0 Å². The summed E-state index contributed by atoms with van der Waals surface area (Å²) in [6, 6.07) is 0. The largest absolute Gasteiger partial charge is 0.383 e. The maximum atomic E-state index is 11.5. The van der Waals surface area contributed by atoms with Crippen LogP contribution in [0, 0.1) is 5.92 Å². The molecule has 1 fully saturated rings. The Morgan fingerprint density at radius 1 is 1.50 bits per heavy atom. The molecule has 0 radical (unpaired) electrons. The van der Waals surface area contributed by atoms with Gasteiger partial charge < -0.3 is 20.7 Å². The van der Waals surface area contributed by atoms with Crippen molar-refractivity contribution in [1.82, 2.24) is 16.0 Å². The molecule has 92 valence electrons. The van der Waals surface area contributed by atoms with Crippen molar-refractivity contribution in [1.29, 1.82) is 0 Å². The van der Waals surface area contributed by atoms with E-state index in [1.54, 1.807) is 7.11 Å². The zero-order chi connectivity index (χ0) is 11.8. The fourth-order valence-corrected chi connectivity index (χ4v) is 1.51. The molecule has 0 bridgehead atoms. The van der Waals surface area contributed by atoms with Crippen molar-refractivity contribution in [3.05, 3.63) is 0 Å². The van der Waals surface area contributed by atoms with Crippen molar-refractivity contribution < 1.29 is 14.3 Å². The topological polar surface area (TPSA) is 79.5 Å². The quantitative estimate of drug-likeness (QED) is 0.463. The molecule has 6 heteroatoms. The molecule has 1 unspecified atom stereocenters. The molecule has 1 atom stereocenters. The molecule has 3 N–H and O–H groups in total. The summed E-state index contributed by atoms with van der Waals surface area (Å²) in [6.07, 6.45) is 0.308. The van der Waals surface area contributed by atoms with Crippen LogP contribution in [0.25, 0.3) is 0 Å². The summed E-state index contributed by atoms with van der Waals surface area (Å²) in [5, 5.41) is 8.54. The highest BCUT2D eigenvalue weighted by atomic mass is 16.5. The van der Waals surface area contributed by atoms with Crippen LogP contribution in [0.1, 0.15) is 6.42 Å². The van der Waals surface area contributed by atoms with E-state index in [4.69, 9.17) is 4.74 Å². The van der Waals surface area contributed by atoms with Crippen molar-refractivity contribution in [2.45, 2.75) is 6.42 Å². The van der Waals surface area contributed by atoms with Crippen LogP contribution >= 0.6 is 0 Å². The van der Waals surface area contributed by atoms with E-state index in [1.807, 2.05) is 0 Å². The fraction of sp³-hybridized carbons (Fsp3) is 0.800. The lowest BCUT2D eigenvalue weighted by molar-refractivity contribution is -0.126. The maximum absolute atomic E-state index is 11.5. The number of hydrogen-bond donors (Lipinski definition) is 3. The van der Waals surface area contributed by atoms with Crippen molar-refractivity contribution in [3.8, 4) is 0 Å². The first kappa shape index (κ1) is 12.9. The zero-order valence-corrected chi connectivity index (χ0v) is 9.54. The van der Waals surface area contributed by atoms with Crippen LogP contribution in [0.3, 0.4) is 0 Å². The van der Waals surface area contributed by atoms with Gasteiger partial charge in [-0.1, -0.05) is 0 Å². The number of nitrogens with one attached hydrogen (secondary N) is 3. The Morgan fingerprint density at radius 2 is 2.31 bits per heavy atom. The second kappa shape index (κ2) is 7.19. The van der Waals surface area contributed by atoms with Crippen LogP contribution in [0.15, 0.2) is 0 Å². The Bertz CT molecular complexity index is 245. The lowest BCUT2D eigenvalue weighted by Gasteiger charge is -2.09. The molecule has 16 heavy (non-hydrogen) atoms. The van der Waals surface area contributed by atoms with Crippen molar-refractivity contribution in [2.24, 2.45) is 5.92 Å². The summed E-state index contributed by atoms with van der Waals surface area (Å²) in [5.74, 6) is -0.295. The molecule has 2 amide bonds. The first-order chi connectivity index (χ1) is 7.74. The fourth-order valence-electron chi connectivity index (χ4n) is 1.51. The minimum Gasteiger partial charge on any atom is -0.383 e. The monoisotopic (exact) mass is 229 g/mol. The lowest BCUT2D eigenvalue weighted by Crippen LogP contribution is -2.37. The highest BCUT2D eigenvalue weighted by molar-refractivity contribution is 5.89. The molecule has 0 saturated carbocycles. The maximum Gasteiger partial charge on any atom is 0.225 e. The van der Waals surface area contributed by atoms with Crippen LogP contribution in [0.5, 0.6) is 0 Å². The third-order valence-corrected chi connectivity index (χ3v) is 2.43. The minimum atomic E-state index is -0.202. The lowest BCUT2D eigenvalue weighted by atomic mass is 10.1. The summed E-state index contributed by atoms with van der Waals surface area (Å²) in [7, 11) is 1.65. The Balaban J connectivity index is 2.00. The molecule has 0 spiro atoms. The van der Waals surface area contributed by atoms with E-state index in [9.17, 15) is 9.59 Å². The zero-order valence-electron chi connectivity index (χ0n) is 9.54. The Labute approximate surface area is 95.1 Å². The molecule has 1 heterocycles. The van der Waals surface area contributed by atoms with Crippen molar-refractivity contribution in [2.75, 3.05) is 39.9 Å². The number of carbonyl (C=O) groups excluding carboxylic acids is 2. The van der Waals surface area contributed by atoms with E-state index in [1.165, 1.54) is 0 Å². The second-order valence-electron chi connectivity index (χ2n) is 3.74. The van der Waals surface area contributed by atoms with Gasteiger partial charge in [-0.05, 0) is 0 Å². The number of ether oxygens (including phenoxy) is 1. The van der Waals surface area contributed by atoms with Gasteiger partial charge in [0.2, 0.25) is 11.8 Å². The molecular formula is C10H19N3O3. The Morgan fingerprint density at radius 3 is 2.94 bits per heavy atom. The summed E-state index contributed by atoms with van der Waals surface area (Å²) >= 11 is 0. The molecular weight excluding hydrogens is 210 g/mol. The van der Waals surface area contributed by atoms with Gasteiger partial charge in [-0.3, -0.25) is 9.59 Å². The molecule has 0 aliphatic carbocycles. The van der Waals surface area contributed by atoms with Gasteiger partial charge in [0.15, 0.2) is 0 Å². The summed E-state index contributed by atoms with van der Waals surface area (Å²) < 4.78 is 4.87. The van der Waals surface area contributed by atoms with Gasteiger partial charge >= 0.3 is 0 Å². The summed E-state index contributed by atoms with van der Waals surface area (Å²) in [4.78, 5) is 22.4. The predicted molar refractivity (Wildman–Crippen MR) is 58.9 cm³/mol. The van der Waals surface area contributed by atoms with Gasteiger partial charge in [0.05, 0.1) is 12.5 Å². The van der Waals surface area contributed by atoms with Crippen LogP contribution in [0.2, 0.25) is 0 Å². The van der Waals surface area contributed by atoms with Crippen LogP contribution in [-0.4, -0.2) is 51.7 Å². The van der Waals surface area contributed by atoms with Crippen LogP contribution in [0.4, 0.5) is 0 Å². The number of amides is 2. The summed E-state index contributed by atoms with van der Waals surface area (Å²) in [5.41, 5.74) is 0. The highest BCUT2D eigenvalue weighted by Gasteiger charge is 2.27. The Hall–Kier alpha value is -1.14. The number of rotatable bonds is 7. The number of methoxy groups -OCH3 is 1. The van der Waals surface area contributed by atoms with Gasteiger partial charge in [-0.15, -0.1) is 0 Å². The average molecular weight is 229 g/mol. The molecule has 1 rings (SSSR count). The summed E-state index contributed by atoms with van der Waals surface area (Å²) in [6.45, 7) is 3.18. The van der Waals surface area contributed by atoms with Crippen LogP contribution in [-0.2, 0) is 14.3 Å². The van der Waals surface area contributed by atoms with E-state index in [2.05, 4.69) is 16.0 Å². The average Bonchev–Trinajstić information content (AvgIpc) is 2.70. The third-order valence-electron chi connectivity index (χ3n) is 2.43. The number of hydrogen-bond acceptors (Lipinski definition) is 4. The van der Waals surface area contributed by atoms with E-state index in [-0.39, 0.29) is 17.7 Å². The number of carbonyl (C=O) groups is 2. The van der Waals surface area contributed by atoms with Crippen molar-refractivity contribution in [3.63, 3.8) is 0 Å². The predicted octanol–water partition coefficient (Wildman–Crippen LogP) is -1.53. The molecule has 0 aromatic rings. The van der Waals surface area contributed by atoms with Crippen molar-refractivity contribution >= 4 is 11.8 Å². The molecule has 0 aromatic carbocycles. The molecule has 1 saturated heterocycles. The minimum absolute atomic E-state index is 0.0432. The highest BCUT2D eigenvalue weighted by Crippen LogP contribution is 2.07.